The van der Waals surface area contributed by atoms with E-state index in [1.165, 1.54) is 5.56 Å². The van der Waals surface area contributed by atoms with Crippen molar-refractivity contribution in [2.75, 3.05) is 26.5 Å². The van der Waals surface area contributed by atoms with E-state index in [0.717, 1.165) is 24.3 Å². The first kappa shape index (κ1) is 17.7. The predicted molar refractivity (Wildman–Crippen MR) is 101 cm³/mol. The molecule has 132 valence electrons. The number of hydrogen-bond acceptors (Lipinski definition) is 4. The van der Waals surface area contributed by atoms with Gasteiger partial charge in [-0.25, -0.2) is 0 Å². The van der Waals surface area contributed by atoms with Gasteiger partial charge in [-0.15, -0.1) is 11.8 Å². The third kappa shape index (κ3) is 3.93. The van der Waals surface area contributed by atoms with E-state index in [0.29, 0.717) is 17.9 Å². The molecule has 0 bridgehead atoms. The van der Waals surface area contributed by atoms with Crippen molar-refractivity contribution >= 4 is 17.7 Å². The molecular weight excluding hydrogens is 334 g/mol. The summed E-state index contributed by atoms with van der Waals surface area (Å²) in [6.07, 6.45) is 1.29. The van der Waals surface area contributed by atoms with Crippen LogP contribution in [-0.4, -0.2) is 37.3 Å². The highest BCUT2D eigenvalue weighted by Gasteiger charge is 2.33. The Kier molecular flexibility index (Phi) is 5.87. The zero-order chi connectivity index (χ0) is 17.6. The monoisotopic (exact) mass is 357 g/mol. The number of amides is 1. The number of ether oxygens (including phenoxy) is 2. The van der Waals surface area contributed by atoms with Gasteiger partial charge in [0.15, 0.2) is 11.5 Å². The first-order valence-corrected chi connectivity index (χ1v) is 9.45. The molecule has 1 amide bonds. The zero-order valence-electron chi connectivity index (χ0n) is 14.6. The fourth-order valence-corrected chi connectivity index (χ4v) is 4.42. The van der Waals surface area contributed by atoms with E-state index in [1.54, 1.807) is 26.0 Å². The first-order valence-electron chi connectivity index (χ1n) is 8.40. The average Bonchev–Trinajstić information content (AvgIpc) is 3.15. The molecular formula is C20H23NO3S. The van der Waals surface area contributed by atoms with Crippen molar-refractivity contribution in [3.63, 3.8) is 0 Å². The van der Waals surface area contributed by atoms with E-state index in [9.17, 15) is 4.79 Å². The van der Waals surface area contributed by atoms with Gasteiger partial charge in [0.25, 0.3) is 0 Å². The van der Waals surface area contributed by atoms with Gasteiger partial charge >= 0.3 is 0 Å². The lowest BCUT2D eigenvalue weighted by atomic mass is 10.1. The molecule has 1 fully saturated rings. The van der Waals surface area contributed by atoms with E-state index in [1.807, 2.05) is 41.3 Å². The standard InChI is InChI=1S/C20H23NO3S/c1-23-17-10-6-9-16(19(17)24-2)20-21(13-14-25-20)18(22)12-11-15-7-4-3-5-8-15/h3-10,20H,11-14H2,1-2H3. The normalized spacial score (nSPS) is 16.7. The number of rotatable bonds is 6. The van der Waals surface area contributed by atoms with Crippen LogP contribution in [0.25, 0.3) is 0 Å². The molecule has 0 spiro atoms. The van der Waals surface area contributed by atoms with Crippen LogP contribution in [0.3, 0.4) is 0 Å². The second-order valence-corrected chi connectivity index (χ2v) is 7.07. The van der Waals surface area contributed by atoms with Gasteiger partial charge in [-0.2, -0.15) is 0 Å². The van der Waals surface area contributed by atoms with Gasteiger partial charge in [-0.1, -0.05) is 42.5 Å². The number of hydrogen-bond donors (Lipinski definition) is 0. The molecule has 2 aromatic carbocycles. The van der Waals surface area contributed by atoms with Crippen molar-refractivity contribution < 1.29 is 14.3 Å². The smallest absolute Gasteiger partial charge is 0.224 e. The van der Waals surface area contributed by atoms with Crippen LogP contribution in [0.2, 0.25) is 0 Å². The molecule has 1 aliphatic rings. The minimum absolute atomic E-state index is 0.0201. The Morgan fingerprint density at radius 1 is 1.12 bits per heavy atom. The van der Waals surface area contributed by atoms with Gasteiger partial charge in [-0.05, 0) is 18.1 Å². The summed E-state index contributed by atoms with van der Waals surface area (Å²) < 4.78 is 11.0. The lowest BCUT2D eigenvalue weighted by Gasteiger charge is -2.26. The molecule has 3 rings (SSSR count). The van der Waals surface area contributed by atoms with Crippen LogP contribution in [0.1, 0.15) is 22.9 Å². The number of benzene rings is 2. The molecule has 0 N–H and O–H groups in total. The maximum atomic E-state index is 12.8. The Morgan fingerprint density at radius 2 is 1.92 bits per heavy atom. The molecule has 1 heterocycles. The van der Waals surface area contributed by atoms with Crippen LogP contribution in [0, 0.1) is 0 Å². The topological polar surface area (TPSA) is 38.8 Å². The number of methoxy groups -OCH3 is 2. The summed E-state index contributed by atoms with van der Waals surface area (Å²) in [7, 11) is 3.27. The summed E-state index contributed by atoms with van der Waals surface area (Å²) in [5.41, 5.74) is 2.19. The molecule has 0 aliphatic carbocycles. The number of carbonyl (C=O) groups excluding carboxylic acids is 1. The highest BCUT2D eigenvalue weighted by molar-refractivity contribution is 7.99. The van der Waals surface area contributed by atoms with Crippen LogP contribution in [0.4, 0.5) is 0 Å². The summed E-state index contributed by atoms with van der Waals surface area (Å²) >= 11 is 1.77. The predicted octanol–water partition coefficient (Wildman–Crippen LogP) is 3.91. The Morgan fingerprint density at radius 3 is 2.64 bits per heavy atom. The van der Waals surface area contributed by atoms with Gasteiger partial charge in [-0.3, -0.25) is 4.79 Å². The molecule has 1 atom stereocenters. The maximum Gasteiger partial charge on any atom is 0.224 e. The van der Waals surface area contributed by atoms with Crippen LogP contribution < -0.4 is 9.47 Å². The van der Waals surface area contributed by atoms with E-state index in [-0.39, 0.29) is 11.3 Å². The number of carbonyl (C=O) groups is 1. The molecule has 0 saturated carbocycles. The van der Waals surface area contributed by atoms with Crippen molar-refractivity contribution in [2.24, 2.45) is 0 Å². The van der Waals surface area contributed by atoms with Gasteiger partial charge < -0.3 is 14.4 Å². The summed E-state index contributed by atoms with van der Waals surface area (Å²) in [5.74, 6) is 2.53. The van der Waals surface area contributed by atoms with Crippen molar-refractivity contribution in [1.29, 1.82) is 0 Å². The fourth-order valence-electron chi connectivity index (χ4n) is 3.13. The van der Waals surface area contributed by atoms with Gasteiger partial charge in [0.1, 0.15) is 5.37 Å². The van der Waals surface area contributed by atoms with Crippen molar-refractivity contribution in [3.8, 4) is 11.5 Å². The minimum atomic E-state index is -0.0201. The largest absolute Gasteiger partial charge is 0.493 e. The van der Waals surface area contributed by atoms with Crippen LogP contribution >= 0.6 is 11.8 Å². The molecule has 0 radical (unpaired) electrons. The second-order valence-electron chi connectivity index (χ2n) is 5.88. The molecule has 1 aliphatic heterocycles. The van der Waals surface area contributed by atoms with E-state index in [2.05, 4.69) is 12.1 Å². The Hall–Kier alpha value is -2.14. The van der Waals surface area contributed by atoms with Crippen molar-refractivity contribution in [1.82, 2.24) is 4.90 Å². The summed E-state index contributed by atoms with van der Waals surface area (Å²) in [6, 6.07) is 16.0. The third-order valence-corrected chi connectivity index (χ3v) is 5.62. The van der Waals surface area contributed by atoms with E-state index >= 15 is 0 Å². The summed E-state index contributed by atoms with van der Waals surface area (Å²) in [4.78, 5) is 14.8. The average molecular weight is 357 g/mol. The Bertz CT molecular complexity index is 720. The maximum absolute atomic E-state index is 12.8. The molecule has 0 aromatic heterocycles. The van der Waals surface area contributed by atoms with E-state index < -0.39 is 0 Å². The molecule has 25 heavy (non-hydrogen) atoms. The van der Waals surface area contributed by atoms with E-state index in [4.69, 9.17) is 9.47 Å². The number of thioether (sulfide) groups is 1. The van der Waals surface area contributed by atoms with Crippen LogP contribution in [0.15, 0.2) is 48.5 Å². The number of nitrogens with zero attached hydrogens (tertiary/aromatic N) is 1. The lowest BCUT2D eigenvalue weighted by molar-refractivity contribution is -0.131. The molecule has 5 heteroatoms. The first-order chi connectivity index (χ1) is 12.2. The van der Waals surface area contributed by atoms with Crippen molar-refractivity contribution in [3.05, 3.63) is 59.7 Å². The summed E-state index contributed by atoms with van der Waals surface area (Å²) in [5, 5.41) is -0.0201. The van der Waals surface area contributed by atoms with Crippen molar-refractivity contribution in [2.45, 2.75) is 18.2 Å². The van der Waals surface area contributed by atoms with Gasteiger partial charge in [0, 0.05) is 24.3 Å². The Labute approximate surface area is 153 Å². The van der Waals surface area contributed by atoms with Crippen LogP contribution in [0.5, 0.6) is 11.5 Å². The fraction of sp³-hybridized carbons (Fsp3) is 0.350. The quantitative estimate of drug-likeness (QED) is 0.786. The van der Waals surface area contributed by atoms with Crippen LogP contribution in [-0.2, 0) is 11.2 Å². The molecule has 1 saturated heterocycles. The minimum Gasteiger partial charge on any atom is -0.493 e. The second kappa shape index (κ2) is 8.30. The molecule has 2 aromatic rings. The number of aryl methyl sites for hydroxylation is 1. The third-order valence-electron chi connectivity index (χ3n) is 4.38. The SMILES string of the molecule is COc1cccc(C2SCCN2C(=O)CCc2ccccc2)c1OC. The highest BCUT2D eigenvalue weighted by Crippen LogP contribution is 2.45. The molecule has 4 nitrogen and oxygen atoms in total. The zero-order valence-corrected chi connectivity index (χ0v) is 15.4. The molecule has 1 unspecified atom stereocenters. The van der Waals surface area contributed by atoms with Gasteiger partial charge in [0.2, 0.25) is 5.91 Å². The Balaban J connectivity index is 1.75. The lowest BCUT2D eigenvalue weighted by Crippen LogP contribution is -2.30. The highest BCUT2D eigenvalue weighted by atomic mass is 32.2. The van der Waals surface area contributed by atoms with Gasteiger partial charge in [0.05, 0.1) is 14.2 Å². The summed E-state index contributed by atoms with van der Waals surface area (Å²) in [6.45, 7) is 0.767. The number of para-hydroxylation sites is 1.